The van der Waals surface area contributed by atoms with Crippen LogP contribution < -0.4 is 22.1 Å². The molecule has 198 valence electrons. The van der Waals surface area contributed by atoms with E-state index < -0.39 is 59.9 Å². The van der Waals surface area contributed by atoms with E-state index in [2.05, 4.69) is 10.6 Å². The number of carboxylic acid groups (broad SMARTS) is 1. The van der Waals surface area contributed by atoms with Crippen LogP contribution in [0.3, 0.4) is 0 Å². The molecule has 1 aliphatic heterocycles. The number of nitrogens with zero attached hydrogens (tertiary/aromatic N) is 1. The van der Waals surface area contributed by atoms with Gasteiger partial charge in [0.15, 0.2) is 0 Å². The number of phenolic OH excluding ortho intramolecular Hbond substituents is 1. The number of primary amides is 1. The molecule has 2 rings (SSSR count). The fourth-order valence-electron chi connectivity index (χ4n) is 3.92. The summed E-state index contributed by atoms with van der Waals surface area (Å²) < 4.78 is 0. The first kappa shape index (κ1) is 28.5. The molecule has 0 spiro atoms. The number of aliphatic carboxylic acids is 1. The van der Waals surface area contributed by atoms with Gasteiger partial charge in [-0.05, 0) is 50.3 Å². The lowest BCUT2D eigenvalue weighted by molar-refractivity contribution is -0.150. The molecule has 0 radical (unpaired) electrons. The van der Waals surface area contributed by atoms with Crippen LogP contribution >= 0.6 is 0 Å². The second-order valence-corrected chi connectivity index (χ2v) is 8.80. The van der Waals surface area contributed by atoms with Crippen LogP contribution in [0.5, 0.6) is 5.75 Å². The van der Waals surface area contributed by atoms with Crippen molar-refractivity contribution in [2.75, 3.05) is 6.54 Å². The predicted octanol–water partition coefficient (Wildman–Crippen LogP) is -2.05. The van der Waals surface area contributed by atoms with E-state index in [1.54, 1.807) is 12.1 Å². The average Bonchev–Trinajstić information content (AvgIpc) is 3.31. The summed E-state index contributed by atoms with van der Waals surface area (Å²) in [6, 6.07) is 1.11. The molecular weight excluding hydrogens is 474 g/mol. The minimum atomic E-state index is -1.48. The maximum absolute atomic E-state index is 13.0. The van der Waals surface area contributed by atoms with Crippen molar-refractivity contribution in [3.8, 4) is 5.75 Å². The highest BCUT2D eigenvalue weighted by molar-refractivity contribution is 5.94. The number of hydrogen-bond donors (Lipinski definition) is 7. The molecule has 5 unspecified atom stereocenters. The smallest absolute Gasteiger partial charge is 0.326 e. The topological polar surface area (TPSA) is 225 Å². The first-order valence-corrected chi connectivity index (χ1v) is 11.5. The first-order valence-electron chi connectivity index (χ1n) is 11.5. The summed E-state index contributed by atoms with van der Waals surface area (Å²) in [4.78, 5) is 62.5. The zero-order valence-electron chi connectivity index (χ0n) is 19.9. The Morgan fingerprint density at radius 2 is 1.75 bits per heavy atom. The molecule has 1 heterocycles. The van der Waals surface area contributed by atoms with Gasteiger partial charge in [-0.2, -0.15) is 0 Å². The monoisotopic (exact) mass is 507 g/mol. The van der Waals surface area contributed by atoms with Gasteiger partial charge in [0.05, 0.1) is 12.1 Å². The minimum Gasteiger partial charge on any atom is -0.508 e. The lowest BCUT2D eigenvalue weighted by Crippen LogP contribution is -2.60. The van der Waals surface area contributed by atoms with E-state index in [0.717, 1.165) is 4.90 Å². The quantitative estimate of drug-likeness (QED) is 0.165. The molecule has 1 aliphatic rings. The van der Waals surface area contributed by atoms with Gasteiger partial charge >= 0.3 is 5.97 Å². The van der Waals surface area contributed by atoms with Crippen LogP contribution in [0.4, 0.5) is 0 Å². The van der Waals surface area contributed by atoms with Crippen molar-refractivity contribution in [2.24, 2.45) is 11.5 Å². The molecule has 36 heavy (non-hydrogen) atoms. The van der Waals surface area contributed by atoms with E-state index in [-0.39, 0.29) is 38.0 Å². The molecule has 1 saturated heterocycles. The van der Waals surface area contributed by atoms with Gasteiger partial charge in [-0.1, -0.05) is 12.1 Å². The van der Waals surface area contributed by atoms with Crippen LogP contribution in [0.25, 0.3) is 0 Å². The molecule has 0 aliphatic carbocycles. The molecule has 1 fully saturated rings. The Bertz CT molecular complexity index is 968. The third kappa shape index (κ3) is 7.92. The van der Waals surface area contributed by atoms with Crippen molar-refractivity contribution in [1.29, 1.82) is 0 Å². The third-order valence-corrected chi connectivity index (χ3v) is 5.91. The molecule has 13 nitrogen and oxygen atoms in total. The molecule has 1 aromatic rings. The zero-order valence-corrected chi connectivity index (χ0v) is 19.9. The summed E-state index contributed by atoms with van der Waals surface area (Å²) >= 11 is 0. The van der Waals surface area contributed by atoms with Gasteiger partial charge in [0, 0.05) is 13.0 Å². The number of aliphatic hydroxyl groups excluding tert-OH is 1. The normalized spacial score (nSPS) is 18.5. The number of carboxylic acids is 1. The summed E-state index contributed by atoms with van der Waals surface area (Å²) in [7, 11) is 0. The second kappa shape index (κ2) is 12.8. The van der Waals surface area contributed by atoms with E-state index in [4.69, 9.17) is 11.5 Å². The standard InChI is InChI=1S/C23H33N5O8/c1-12(29)19(22(34)28-10-2-3-17(28)23(35)36)27-21(33)16(8-9-18(25)31)26-20(32)15(24)11-13-4-6-14(30)7-5-13/h4-7,12,15-17,19,29-30H,2-3,8-11,24H2,1H3,(H2,25,31)(H,26,32)(H,27,33)(H,35,36). The van der Waals surface area contributed by atoms with Crippen LogP contribution in [0.1, 0.15) is 38.2 Å². The number of hydrogen-bond acceptors (Lipinski definition) is 8. The second-order valence-electron chi connectivity index (χ2n) is 8.80. The number of nitrogens with two attached hydrogens (primary N) is 2. The van der Waals surface area contributed by atoms with Crippen LogP contribution in [-0.2, 0) is 30.4 Å². The van der Waals surface area contributed by atoms with Crippen molar-refractivity contribution < 1.29 is 39.3 Å². The average molecular weight is 508 g/mol. The van der Waals surface area contributed by atoms with Gasteiger partial charge < -0.3 is 42.3 Å². The molecule has 0 aromatic heterocycles. The number of amides is 4. The molecule has 0 bridgehead atoms. The van der Waals surface area contributed by atoms with Crippen molar-refractivity contribution in [3.63, 3.8) is 0 Å². The van der Waals surface area contributed by atoms with E-state index in [9.17, 15) is 39.3 Å². The molecule has 13 heteroatoms. The lowest BCUT2D eigenvalue weighted by Gasteiger charge is -2.30. The fourth-order valence-corrected chi connectivity index (χ4v) is 3.92. The van der Waals surface area contributed by atoms with Gasteiger partial charge in [-0.25, -0.2) is 4.79 Å². The Hall–Kier alpha value is -3.71. The van der Waals surface area contributed by atoms with Crippen molar-refractivity contribution in [2.45, 2.75) is 69.3 Å². The summed E-state index contributed by atoms with van der Waals surface area (Å²) in [5.74, 6) is -4.21. The lowest BCUT2D eigenvalue weighted by atomic mass is 10.0. The van der Waals surface area contributed by atoms with Crippen LogP contribution in [-0.4, -0.2) is 86.6 Å². The summed E-state index contributed by atoms with van der Waals surface area (Å²) in [5.41, 5.74) is 11.8. The van der Waals surface area contributed by atoms with E-state index in [0.29, 0.717) is 12.0 Å². The summed E-state index contributed by atoms with van der Waals surface area (Å²) in [5, 5.41) is 33.7. The fraction of sp³-hybridized carbons (Fsp3) is 0.522. The SMILES string of the molecule is CC(O)C(NC(=O)C(CCC(N)=O)NC(=O)C(N)Cc1ccc(O)cc1)C(=O)N1CCCC1C(=O)O. The number of nitrogens with one attached hydrogen (secondary N) is 2. The van der Waals surface area contributed by atoms with E-state index in [1.807, 2.05) is 0 Å². The third-order valence-electron chi connectivity index (χ3n) is 5.91. The Morgan fingerprint density at radius 3 is 2.31 bits per heavy atom. The Morgan fingerprint density at radius 1 is 1.11 bits per heavy atom. The Labute approximate surface area is 207 Å². The number of carbonyl (C=O) groups excluding carboxylic acids is 4. The number of aliphatic hydroxyl groups is 1. The Balaban J connectivity index is 2.12. The van der Waals surface area contributed by atoms with Gasteiger partial charge in [0.25, 0.3) is 0 Å². The number of phenols is 1. The van der Waals surface area contributed by atoms with Crippen molar-refractivity contribution in [3.05, 3.63) is 29.8 Å². The maximum atomic E-state index is 13.0. The highest BCUT2D eigenvalue weighted by Crippen LogP contribution is 2.19. The van der Waals surface area contributed by atoms with Gasteiger partial charge in [-0.3, -0.25) is 19.2 Å². The zero-order chi connectivity index (χ0) is 27.0. The largest absolute Gasteiger partial charge is 0.508 e. The molecular formula is C23H33N5O8. The molecule has 0 saturated carbocycles. The molecule has 4 amide bonds. The van der Waals surface area contributed by atoms with Crippen LogP contribution in [0.15, 0.2) is 24.3 Å². The number of rotatable bonds is 12. The molecule has 9 N–H and O–H groups in total. The number of carbonyl (C=O) groups is 5. The van der Waals surface area contributed by atoms with Gasteiger partial charge in [0.2, 0.25) is 23.6 Å². The number of likely N-dealkylation sites (tertiary alicyclic amines) is 1. The van der Waals surface area contributed by atoms with Crippen molar-refractivity contribution in [1.82, 2.24) is 15.5 Å². The molecule has 1 aromatic carbocycles. The summed E-state index contributed by atoms with van der Waals surface area (Å²) in [6.45, 7) is 1.42. The predicted molar refractivity (Wildman–Crippen MR) is 126 cm³/mol. The van der Waals surface area contributed by atoms with E-state index in [1.165, 1.54) is 19.1 Å². The Kier molecular flexibility index (Phi) is 10.2. The first-order chi connectivity index (χ1) is 16.9. The van der Waals surface area contributed by atoms with Crippen LogP contribution in [0, 0.1) is 0 Å². The maximum Gasteiger partial charge on any atom is 0.326 e. The van der Waals surface area contributed by atoms with Gasteiger partial charge in [-0.15, -0.1) is 0 Å². The summed E-state index contributed by atoms with van der Waals surface area (Å²) in [6.07, 6.45) is -1.03. The van der Waals surface area contributed by atoms with E-state index >= 15 is 0 Å². The highest BCUT2D eigenvalue weighted by atomic mass is 16.4. The van der Waals surface area contributed by atoms with Crippen molar-refractivity contribution >= 4 is 29.6 Å². The minimum absolute atomic E-state index is 0.0470. The number of aromatic hydroxyl groups is 1. The highest BCUT2D eigenvalue weighted by Gasteiger charge is 2.40. The number of benzene rings is 1. The van der Waals surface area contributed by atoms with Gasteiger partial charge in [0.1, 0.15) is 23.9 Å². The molecule has 5 atom stereocenters. The van der Waals surface area contributed by atoms with Crippen LogP contribution in [0.2, 0.25) is 0 Å².